The van der Waals surface area contributed by atoms with Crippen molar-refractivity contribution in [2.24, 2.45) is 5.73 Å². The standard InChI is InChI=1S/C42H44F2N6O6S/c43-42(44)17-15-28(16-18-42)49-22-31(25-6-4-7-26(20-25)39(45)57)29-12-11-27(21-34(29)49)47-36(51)10-2-1-3-19-46-38(53)24-56-35-9-5-8-30-32(35)23-50(41(30)55)33-13-14-37(52)48-40(33)54/h4-9,11-12,20-22,28,33H,1-3,10,13-19,23-24H2,(H2,45,57)(H,46,53)(H,47,51)(H,48,52,54). The van der Waals surface area contributed by atoms with E-state index >= 15 is 0 Å². The van der Waals surface area contributed by atoms with Crippen molar-refractivity contribution < 1.29 is 37.5 Å². The van der Waals surface area contributed by atoms with Crippen LogP contribution in [0, 0.1) is 0 Å². The Morgan fingerprint density at radius 3 is 2.51 bits per heavy atom. The van der Waals surface area contributed by atoms with Gasteiger partial charge in [-0.3, -0.25) is 29.3 Å². The number of hydrogen-bond acceptors (Lipinski definition) is 7. The number of aromatic nitrogens is 1. The molecule has 1 saturated carbocycles. The highest BCUT2D eigenvalue weighted by atomic mass is 32.1. The molecule has 0 radical (unpaired) electrons. The van der Waals surface area contributed by atoms with Crippen molar-refractivity contribution in [1.82, 2.24) is 20.1 Å². The zero-order valence-electron chi connectivity index (χ0n) is 31.3. The van der Waals surface area contributed by atoms with E-state index in [0.29, 0.717) is 61.2 Å². The average Bonchev–Trinajstić information content (AvgIpc) is 3.73. The molecule has 0 spiro atoms. The van der Waals surface area contributed by atoms with Crippen molar-refractivity contribution in [3.63, 3.8) is 0 Å². The van der Waals surface area contributed by atoms with Gasteiger partial charge in [-0.2, -0.15) is 0 Å². The first-order valence-corrected chi connectivity index (χ1v) is 19.7. The van der Waals surface area contributed by atoms with E-state index in [0.717, 1.165) is 27.6 Å². The number of hydrogen-bond donors (Lipinski definition) is 4. The van der Waals surface area contributed by atoms with E-state index in [2.05, 4.69) is 20.5 Å². The van der Waals surface area contributed by atoms with Crippen LogP contribution in [0.1, 0.15) is 91.7 Å². The molecule has 12 nitrogen and oxygen atoms in total. The zero-order valence-corrected chi connectivity index (χ0v) is 32.1. The molecule has 2 aliphatic heterocycles. The summed E-state index contributed by atoms with van der Waals surface area (Å²) in [5.74, 6) is -3.96. The van der Waals surface area contributed by atoms with Gasteiger partial charge in [0.15, 0.2) is 6.61 Å². The van der Waals surface area contributed by atoms with Gasteiger partial charge < -0.3 is 30.6 Å². The molecule has 15 heteroatoms. The molecule has 4 aromatic rings. The molecule has 7 rings (SSSR count). The van der Waals surface area contributed by atoms with Crippen LogP contribution in [0.2, 0.25) is 0 Å². The molecule has 1 aliphatic carbocycles. The third-order valence-corrected chi connectivity index (χ3v) is 11.2. The topological polar surface area (TPSA) is 165 Å². The molecule has 1 saturated heterocycles. The first kappa shape index (κ1) is 39.5. The SMILES string of the molecule is NC(=S)c1cccc(-c2cn(C3CCC(F)(F)CC3)c3cc(NC(=O)CCCCCNC(=O)COc4cccc5c4CN(C4CCC(=O)NC4=O)C5=O)ccc23)c1. The maximum absolute atomic E-state index is 14.1. The molecular weight excluding hydrogens is 755 g/mol. The number of anilines is 1. The summed E-state index contributed by atoms with van der Waals surface area (Å²) in [7, 11) is 0. The molecule has 5 amide bonds. The fourth-order valence-corrected chi connectivity index (χ4v) is 8.06. The lowest BCUT2D eigenvalue weighted by molar-refractivity contribution is -0.137. The maximum atomic E-state index is 14.1. The molecule has 3 aliphatic rings. The predicted octanol–water partition coefficient (Wildman–Crippen LogP) is 6.15. The number of thiocarbonyl (C=S) groups is 1. The van der Waals surface area contributed by atoms with Crippen LogP contribution in [0.15, 0.2) is 66.9 Å². The second-order valence-corrected chi connectivity index (χ2v) is 15.3. The summed E-state index contributed by atoms with van der Waals surface area (Å²) in [5, 5.41) is 9.02. The Hall–Kier alpha value is -5.70. The van der Waals surface area contributed by atoms with Crippen LogP contribution in [0.5, 0.6) is 5.75 Å². The largest absolute Gasteiger partial charge is 0.483 e. The summed E-state index contributed by atoms with van der Waals surface area (Å²) in [5.41, 5.74) is 10.9. The van der Waals surface area contributed by atoms with Crippen molar-refractivity contribution in [1.29, 1.82) is 0 Å². The number of nitrogens with one attached hydrogen (secondary N) is 3. The zero-order chi connectivity index (χ0) is 40.3. The van der Waals surface area contributed by atoms with Gasteiger partial charge in [0.05, 0.1) is 12.1 Å². The number of halogens is 2. The predicted molar refractivity (Wildman–Crippen MR) is 214 cm³/mol. The highest BCUT2D eigenvalue weighted by molar-refractivity contribution is 7.80. The maximum Gasteiger partial charge on any atom is 0.257 e. The number of imide groups is 1. The van der Waals surface area contributed by atoms with Gasteiger partial charge in [0.1, 0.15) is 16.8 Å². The monoisotopic (exact) mass is 798 g/mol. The minimum atomic E-state index is -2.66. The molecule has 3 heterocycles. The Labute approximate surface area is 333 Å². The minimum Gasteiger partial charge on any atom is -0.483 e. The van der Waals surface area contributed by atoms with E-state index in [9.17, 15) is 32.8 Å². The van der Waals surface area contributed by atoms with Crippen LogP contribution in [-0.4, -0.2) is 69.1 Å². The van der Waals surface area contributed by atoms with Gasteiger partial charge in [0, 0.05) is 77.8 Å². The lowest BCUT2D eigenvalue weighted by atomic mass is 9.92. The third kappa shape index (κ3) is 8.98. The molecule has 3 aromatic carbocycles. The summed E-state index contributed by atoms with van der Waals surface area (Å²) in [6.07, 6.45) is 4.96. The first-order chi connectivity index (χ1) is 27.4. The highest BCUT2D eigenvalue weighted by Crippen LogP contribution is 2.42. The molecule has 1 unspecified atom stereocenters. The molecule has 1 aromatic heterocycles. The van der Waals surface area contributed by atoms with E-state index in [-0.39, 0.29) is 79.9 Å². The van der Waals surface area contributed by atoms with Gasteiger partial charge in [0.25, 0.3) is 11.8 Å². The molecule has 0 bridgehead atoms. The number of carbonyl (C=O) groups is 5. The van der Waals surface area contributed by atoms with E-state index in [1.165, 1.54) is 4.90 Å². The number of fused-ring (bicyclic) bond motifs is 2. The number of benzene rings is 3. The summed E-state index contributed by atoms with van der Waals surface area (Å²) in [4.78, 5) is 64.3. The number of carbonyl (C=O) groups excluding carboxylic acids is 5. The molecular formula is C42H44F2N6O6S. The normalized spacial score (nSPS) is 18.0. The number of piperidine rings is 1. The van der Waals surface area contributed by atoms with Crippen molar-refractivity contribution in [2.75, 3.05) is 18.5 Å². The minimum absolute atomic E-state index is 0.111. The average molecular weight is 799 g/mol. The number of nitrogens with two attached hydrogens (primary N) is 1. The lowest BCUT2D eigenvalue weighted by Gasteiger charge is -2.29. The summed E-state index contributed by atoms with van der Waals surface area (Å²) >= 11 is 5.19. The number of alkyl halides is 2. The van der Waals surface area contributed by atoms with Gasteiger partial charge in [-0.25, -0.2) is 8.78 Å². The van der Waals surface area contributed by atoms with Crippen molar-refractivity contribution in [3.8, 4) is 16.9 Å². The Morgan fingerprint density at radius 1 is 0.947 bits per heavy atom. The van der Waals surface area contributed by atoms with E-state index in [4.69, 9.17) is 22.7 Å². The second-order valence-electron chi connectivity index (χ2n) is 14.9. The highest BCUT2D eigenvalue weighted by Gasteiger charge is 2.40. The number of amides is 5. The van der Waals surface area contributed by atoms with Crippen LogP contribution >= 0.6 is 12.2 Å². The van der Waals surface area contributed by atoms with Crippen LogP contribution in [0.3, 0.4) is 0 Å². The van der Waals surface area contributed by atoms with Gasteiger partial charge in [-0.05, 0) is 68.0 Å². The fourth-order valence-electron chi connectivity index (χ4n) is 7.93. The van der Waals surface area contributed by atoms with Crippen molar-refractivity contribution in [3.05, 3.63) is 83.6 Å². The van der Waals surface area contributed by atoms with Crippen molar-refractivity contribution in [2.45, 2.75) is 88.8 Å². The van der Waals surface area contributed by atoms with Gasteiger partial charge >= 0.3 is 0 Å². The van der Waals surface area contributed by atoms with Gasteiger partial charge in [-0.15, -0.1) is 0 Å². The Bertz CT molecular complexity index is 2250. The number of ether oxygens (including phenoxy) is 1. The summed E-state index contributed by atoms with van der Waals surface area (Å²) in [6, 6.07) is 17.4. The van der Waals surface area contributed by atoms with Crippen molar-refractivity contribution >= 4 is 63.3 Å². The molecule has 1 atom stereocenters. The quantitative estimate of drug-likeness (QED) is 0.0671. The van der Waals surface area contributed by atoms with Crippen LogP contribution in [0.25, 0.3) is 22.0 Å². The number of rotatable bonds is 14. The number of unbranched alkanes of at least 4 members (excludes halogenated alkanes) is 2. The van der Waals surface area contributed by atoms with Crippen LogP contribution < -0.4 is 26.4 Å². The van der Waals surface area contributed by atoms with E-state index in [1.54, 1.807) is 18.2 Å². The number of nitrogens with zero attached hydrogens (tertiary/aromatic N) is 2. The molecule has 2 fully saturated rings. The van der Waals surface area contributed by atoms with E-state index in [1.807, 2.05) is 48.7 Å². The second kappa shape index (κ2) is 16.8. The van der Waals surface area contributed by atoms with Crippen LogP contribution in [-0.2, 0) is 25.7 Å². The Morgan fingerprint density at radius 2 is 1.74 bits per heavy atom. The van der Waals surface area contributed by atoms with Gasteiger partial charge in [-0.1, -0.05) is 49.0 Å². The van der Waals surface area contributed by atoms with Crippen LogP contribution in [0.4, 0.5) is 14.5 Å². The smallest absolute Gasteiger partial charge is 0.257 e. The molecule has 5 N–H and O–H groups in total. The fraction of sp³-hybridized carbons (Fsp3) is 0.381. The summed E-state index contributed by atoms with van der Waals surface area (Å²) < 4.78 is 36.0. The first-order valence-electron chi connectivity index (χ1n) is 19.3. The Balaban J connectivity index is 0.882. The Kier molecular flexibility index (Phi) is 11.7. The van der Waals surface area contributed by atoms with Gasteiger partial charge in [0.2, 0.25) is 23.6 Å². The third-order valence-electron chi connectivity index (χ3n) is 11.0. The lowest BCUT2D eigenvalue weighted by Crippen LogP contribution is -2.52. The molecule has 57 heavy (non-hydrogen) atoms. The van der Waals surface area contributed by atoms with E-state index < -0.39 is 17.9 Å². The molecule has 298 valence electrons. The summed E-state index contributed by atoms with van der Waals surface area (Å²) in [6.45, 7) is 0.267.